The number of rotatable bonds is 3. The van der Waals surface area contributed by atoms with Crippen molar-refractivity contribution >= 4 is 0 Å². The van der Waals surface area contributed by atoms with Gasteiger partial charge in [0.1, 0.15) is 5.82 Å². The zero-order chi connectivity index (χ0) is 10.1. The number of benzene rings is 1. The third-order valence-electron chi connectivity index (χ3n) is 2.94. The average Bonchev–Trinajstić information content (AvgIpc) is 2.82. The van der Waals surface area contributed by atoms with Gasteiger partial charge >= 0.3 is 0 Å². The summed E-state index contributed by atoms with van der Waals surface area (Å²) in [5.74, 6) is 0.638. The van der Waals surface area contributed by atoms with Crippen LogP contribution in [-0.2, 0) is 0 Å². The van der Waals surface area contributed by atoms with Gasteiger partial charge in [-0.05, 0) is 37.0 Å². The maximum Gasteiger partial charge on any atom is 0.123 e. The zero-order valence-corrected chi connectivity index (χ0v) is 8.63. The van der Waals surface area contributed by atoms with Crippen molar-refractivity contribution < 1.29 is 4.39 Å². The lowest BCUT2D eigenvalue weighted by molar-refractivity contribution is 0.550. The van der Waals surface area contributed by atoms with Gasteiger partial charge in [0.2, 0.25) is 0 Å². The first-order valence-electron chi connectivity index (χ1n) is 5.18. The molecule has 1 saturated carbocycles. The largest absolute Gasteiger partial charge is 0.307 e. The van der Waals surface area contributed by atoms with Gasteiger partial charge in [0.15, 0.2) is 0 Å². The Balaban J connectivity index is 1.96. The van der Waals surface area contributed by atoms with E-state index < -0.39 is 0 Å². The van der Waals surface area contributed by atoms with Crippen LogP contribution in [-0.4, -0.2) is 6.04 Å². The summed E-state index contributed by atoms with van der Waals surface area (Å²) in [6, 6.07) is 7.72. The van der Waals surface area contributed by atoms with Crippen LogP contribution in [0.3, 0.4) is 0 Å². The van der Waals surface area contributed by atoms with Crippen LogP contribution < -0.4 is 5.32 Å². The molecule has 1 N–H and O–H groups in total. The number of halogens is 1. The van der Waals surface area contributed by atoms with Gasteiger partial charge in [-0.2, -0.15) is 0 Å². The third-order valence-corrected chi connectivity index (χ3v) is 2.94. The van der Waals surface area contributed by atoms with Crippen LogP contribution in [0.15, 0.2) is 24.3 Å². The maximum atomic E-state index is 12.7. The van der Waals surface area contributed by atoms with Crippen LogP contribution in [0, 0.1) is 11.7 Å². The molecule has 1 nitrogen and oxygen atoms in total. The van der Waals surface area contributed by atoms with Crippen LogP contribution in [0.25, 0.3) is 0 Å². The molecule has 0 radical (unpaired) electrons. The summed E-state index contributed by atoms with van der Waals surface area (Å²) < 4.78 is 12.7. The lowest BCUT2D eigenvalue weighted by atomic mass is 10.1. The first kappa shape index (κ1) is 9.66. The van der Waals surface area contributed by atoms with E-state index in [9.17, 15) is 4.39 Å². The zero-order valence-electron chi connectivity index (χ0n) is 8.63. The Bertz CT molecular complexity index is 307. The van der Waals surface area contributed by atoms with Crippen molar-refractivity contribution in [2.24, 2.45) is 5.92 Å². The van der Waals surface area contributed by atoms with Crippen LogP contribution in [0.5, 0.6) is 0 Å². The topological polar surface area (TPSA) is 12.0 Å². The lowest BCUT2D eigenvalue weighted by Gasteiger charge is -2.13. The molecule has 76 valence electrons. The molecule has 0 amide bonds. The highest BCUT2D eigenvalue weighted by Gasteiger charge is 2.33. The highest BCUT2D eigenvalue weighted by molar-refractivity contribution is 5.19. The molecule has 2 heteroatoms. The van der Waals surface area contributed by atoms with Gasteiger partial charge in [-0.3, -0.25) is 0 Å². The van der Waals surface area contributed by atoms with Gasteiger partial charge < -0.3 is 5.32 Å². The van der Waals surface area contributed by atoms with E-state index in [1.54, 1.807) is 0 Å². The molecular weight excluding hydrogens is 177 g/mol. The Hall–Kier alpha value is -0.890. The minimum atomic E-state index is -0.166. The number of nitrogens with one attached hydrogen (secondary N) is 1. The Kier molecular flexibility index (Phi) is 2.55. The molecule has 3 atom stereocenters. The second-order valence-electron chi connectivity index (χ2n) is 4.26. The van der Waals surface area contributed by atoms with E-state index >= 15 is 0 Å². The molecule has 1 fully saturated rings. The second-order valence-corrected chi connectivity index (χ2v) is 4.26. The first-order valence-corrected chi connectivity index (χ1v) is 5.18. The van der Waals surface area contributed by atoms with Crippen molar-refractivity contribution in [1.82, 2.24) is 5.32 Å². The molecule has 0 spiro atoms. The van der Waals surface area contributed by atoms with Gasteiger partial charge in [0.25, 0.3) is 0 Å². The van der Waals surface area contributed by atoms with E-state index in [4.69, 9.17) is 0 Å². The molecule has 0 heterocycles. The van der Waals surface area contributed by atoms with Gasteiger partial charge in [0.05, 0.1) is 0 Å². The monoisotopic (exact) mass is 193 g/mol. The summed E-state index contributed by atoms with van der Waals surface area (Å²) in [6.45, 7) is 4.37. The molecule has 0 saturated heterocycles. The van der Waals surface area contributed by atoms with Crippen molar-refractivity contribution in [2.75, 3.05) is 0 Å². The van der Waals surface area contributed by atoms with Crippen molar-refractivity contribution in [3.8, 4) is 0 Å². The first-order chi connectivity index (χ1) is 6.66. The minimum absolute atomic E-state index is 0.166. The molecule has 2 rings (SSSR count). The van der Waals surface area contributed by atoms with E-state index in [0.717, 1.165) is 11.5 Å². The molecule has 1 aromatic carbocycles. The fourth-order valence-electron chi connectivity index (χ4n) is 1.72. The van der Waals surface area contributed by atoms with Gasteiger partial charge in [-0.25, -0.2) is 4.39 Å². The molecule has 0 bridgehead atoms. The molecule has 1 aliphatic carbocycles. The number of hydrogen-bond donors (Lipinski definition) is 1. The molecule has 1 unspecified atom stereocenters. The Morgan fingerprint density at radius 2 is 1.93 bits per heavy atom. The van der Waals surface area contributed by atoms with Gasteiger partial charge in [0, 0.05) is 12.1 Å². The van der Waals surface area contributed by atoms with Gasteiger partial charge in [-0.1, -0.05) is 19.1 Å². The summed E-state index contributed by atoms with van der Waals surface area (Å²) in [5, 5.41) is 3.52. The summed E-state index contributed by atoms with van der Waals surface area (Å²) in [6.07, 6.45) is 1.27. The molecular formula is C12H16FN. The lowest BCUT2D eigenvalue weighted by Crippen LogP contribution is -2.21. The van der Waals surface area contributed by atoms with E-state index in [1.807, 2.05) is 12.1 Å². The van der Waals surface area contributed by atoms with E-state index in [0.29, 0.717) is 12.1 Å². The maximum absolute atomic E-state index is 12.7. The Morgan fingerprint density at radius 1 is 1.36 bits per heavy atom. The van der Waals surface area contributed by atoms with Crippen LogP contribution in [0.2, 0.25) is 0 Å². The highest BCUT2D eigenvalue weighted by atomic mass is 19.1. The predicted octanol–water partition coefficient (Wildman–Crippen LogP) is 2.88. The SMILES string of the molecule is CC(N[C@@H]1C[C@H]1C)c1ccc(F)cc1. The summed E-state index contributed by atoms with van der Waals surface area (Å²) >= 11 is 0. The fourth-order valence-corrected chi connectivity index (χ4v) is 1.72. The molecule has 1 aliphatic rings. The Labute approximate surface area is 84.3 Å². The van der Waals surface area contributed by atoms with E-state index in [1.165, 1.54) is 18.6 Å². The standard InChI is InChI=1S/C12H16FN/c1-8-7-12(8)14-9(2)10-3-5-11(13)6-4-10/h3-6,8-9,12,14H,7H2,1-2H3/t8-,9?,12-/m1/s1. The normalized spacial score (nSPS) is 27.4. The number of hydrogen-bond acceptors (Lipinski definition) is 1. The highest BCUT2D eigenvalue weighted by Crippen LogP contribution is 2.31. The molecule has 1 aromatic rings. The molecule has 0 aliphatic heterocycles. The summed E-state index contributed by atoms with van der Waals surface area (Å²) in [7, 11) is 0. The van der Waals surface area contributed by atoms with Crippen molar-refractivity contribution in [3.05, 3.63) is 35.6 Å². The average molecular weight is 193 g/mol. The minimum Gasteiger partial charge on any atom is -0.307 e. The van der Waals surface area contributed by atoms with E-state index in [-0.39, 0.29) is 5.82 Å². The smallest absolute Gasteiger partial charge is 0.123 e. The van der Waals surface area contributed by atoms with Crippen molar-refractivity contribution in [3.63, 3.8) is 0 Å². The quantitative estimate of drug-likeness (QED) is 0.778. The predicted molar refractivity (Wildman–Crippen MR) is 55.5 cm³/mol. The van der Waals surface area contributed by atoms with Gasteiger partial charge in [-0.15, -0.1) is 0 Å². The van der Waals surface area contributed by atoms with Crippen LogP contribution >= 0.6 is 0 Å². The molecule has 0 aromatic heterocycles. The second kappa shape index (κ2) is 3.70. The summed E-state index contributed by atoms with van der Waals surface area (Å²) in [4.78, 5) is 0. The van der Waals surface area contributed by atoms with E-state index in [2.05, 4.69) is 19.2 Å². The van der Waals surface area contributed by atoms with Crippen molar-refractivity contribution in [2.45, 2.75) is 32.4 Å². The third kappa shape index (κ3) is 2.13. The summed E-state index contributed by atoms with van der Waals surface area (Å²) in [5.41, 5.74) is 1.16. The van der Waals surface area contributed by atoms with Crippen LogP contribution in [0.4, 0.5) is 4.39 Å². The van der Waals surface area contributed by atoms with Crippen molar-refractivity contribution in [1.29, 1.82) is 0 Å². The fraction of sp³-hybridized carbons (Fsp3) is 0.500. The Morgan fingerprint density at radius 3 is 2.43 bits per heavy atom. The molecule has 14 heavy (non-hydrogen) atoms. The van der Waals surface area contributed by atoms with Crippen LogP contribution in [0.1, 0.15) is 31.9 Å².